The molecule has 7 nitrogen and oxygen atoms in total. The maximum absolute atomic E-state index is 12.4. The summed E-state index contributed by atoms with van der Waals surface area (Å²) in [4.78, 5) is 27.8. The Morgan fingerprint density at radius 2 is 1.89 bits per heavy atom. The van der Waals surface area contributed by atoms with Crippen LogP contribution in [-0.2, 0) is 6.54 Å². The number of carboxylic acids is 1. The number of hydrogen-bond donors (Lipinski definition) is 1. The third-order valence-electron chi connectivity index (χ3n) is 3.69. The SMILES string of the molecule is C[C@H](Cn1cc(Oc2ccccc2)c(=O)c(C(=O)O)c1)Oc1cccnc1. The van der Waals surface area contributed by atoms with Gasteiger partial charge in [0.2, 0.25) is 5.43 Å². The summed E-state index contributed by atoms with van der Waals surface area (Å²) >= 11 is 0. The lowest BCUT2D eigenvalue weighted by atomic mass is 10.2. The van der Waals surface area contributed by atoms with Crippen molar-refractivity contribution in [3.05, 3.63) is 83.0 Å². The minimum atomic E-state index is -1.31. The molecule has 1 atom stereocenters. The van der Waals surface area contributed by atoms with Crippen molar-refractivity contribution in [3.63, 3.8) is 0 Å². The van der Waals surface area contributed by atoms with Crippen LogP contribution >= 0.6 is 0 Å². The number of aromatic carboxylic acids is 1. The predicted octanol–water partition coefficient (Wildman–Crippen LogP) is 3.20. The Hall–Kier alpha value is -3.61. The molecule has 138 valence electrons. The number of nitrogens with zero attached hydrogens (tertiary/aromatic N) is 2. The second-order valence-electron chi connectivity index (χ2n) is 5.90. The quantitative estimate of drug-likeness (QED) is 0.690. The highest BCUT2D eigenvalue weighted by atomic mass is 16.5. The molecule has 0 bridgehead atoms. The summed E-state index contributed by atoms with van der Waals surface area (Å²) in [5, 5.41) is 9.34. The van der Waals surface area contributed by atoms with E-state index in [1.54, 1.807) is 53.4 Å². The van der Waals surface area contributed by atoms with E-state index in [2.05, 4.69) is 4.98 Å². The molecule has 0 saturated heterocycles. The van der Waals surface area contributed by atoms with E-state index in [1.807, 2.05) is 13.0 Å². The number of hydrogen-bond acceptors (Lipinski definition) is 5. The molecule has 0 radical (unpaired) electrons. The third kappa shape index (κ3) is 4.72. The predicted molar refractivity (Wildman–Crippen MR) is 98.5 cm³/mol. The zero-order chi connectivity index (χ0) is 19.2. The van der Waals surface area contributed by atoms with Crippen LogP contribution in [0, 0.1) is 0 Å². The minimum Gasteiger partial charge on any atom is -0.487 e. The number of aromatic nitrogens is 2. The van der Waals surface area contributed by atoms with Gasteiger partial charge in [0.05, 0.1) is 18.9 Å². The van der Waals surface area contributed by atoms with E-state index in [0.29, 0.717) is 18.0 Å². The van der Waals surface area contributed by atoms with Gasteiger partial charge in [-0.1, -0.05) is 18.2 Å². The molecule has 2 aromatic heterocycles. The first-order valence-corrected chi connectivity index (χ1v) is 8.30. The molecule has 0 saturated carbocycles. The van der Waals surface area contributed by atoms with Gasteiger partial charge in [0.15, 0.2) is 5.75 Å². The van der Waals surface area contributed by atoms with Crippen LogP contribution in [0.4, 0.5) is 0 Å². The van der Waals surface area contributed by atoms with Gasteiger partial charge in [-0.3, -0.25) is 9.78 Å². The van der Waals surface area contributed by atoms with Crippen molar-refractivity contribution in [2.45, 2.75) is 19.6 Å². The Morgan fingerprint density at radius 1 is 1.15 bits per heavy atom. The standard InChI is InChI=1S/C20H18N2O5/c1-14(26-16-8-5-9-21-10-16)11-22-12-17(20(24)25)19(23)18(13-22)27-15-6-3-2-4-7-15/h2-10,12-14H,11H2,1H3,(H,24,25)/t14-/m1/s1. The van der Waals surface area contributed by atoms with Crippen LogP contribution in [0.3, 0.4) is 0 Å². The van der Waals surface area contributed by atoms with E-state index in [1.165, 1.54) is 12.4 Å². The Balaban J connectivity index is 1.86. The van der Waals surface area contributed by atoms with Gasteiger partial charge in [0.1, 0.15) is 23.2 Å². The number of carboxylic acid groups (broad SMARTS) is 1. The zero-order valence-electron chi connectivity index (χ0n) is 14.6. The Morgan fingerprint density at radius 3 is 2.56 bits per heavy atom. The summed E-state index contributed by atoms with van der Waals surface area (Å²) in [6, 6.07) is 12.3. The lowest BCUT2D eigenvalue weighted by Gasteiger charge is -2.17. The van der Waals surface area contributed by atoms with Crippen molar-refractivity contribution in [2.75, 3.05) is 0 Å². The van der Waals surface area contributed by atoms with Crippen LogP contribution in [0.5, 0.6) is 17.2 Å². The molecule has 0 amide bonds. The van der Waals surface area contributed by atoms with Crippen molar-refractivity contribution in [1.29, 1.82) is 0 Å². The van der Waals surface area contributed by atoms with Gasteiger partial charge in [-0.15, -0.1) is 0 Å². The van der Waals surface area contributed by atoms with Crippen LogP contribution in [0.15, 0.2) is 72.0 Å². The second-order valence-corrected chi connectivity index (χ2v) is 5.90. The average molecular weight is 366 g/mol. The average Bonchev–Trinajstić information content (AvgIpc) is 2.65. The molecule has 0 spiro atoms. The Labute approximate surface area is 155 Å². The van der Waals surface area contributed by atoms with Gasteiger partial charge >= 0.3 is 5.97 Å². The first kappa shape index (κ1) is 18.2. The molecular weight excluding hydrogens is 348 g/mol. The number of carbonyl (C=O) groups is 1. The van der Waals surface area contributed by atoms with E-state index in [4.69, 9.17) is 9.47 Å². The van der Waals surface area contributed by atoms with Crippen molar-refractivity contribution < 1.29 is 19.4 Å². The van der Waals surface area contributed by atoms with Crippen LogP contribution in [0.2, 0.25) is 0 Å². The first-order valence-electron chi connectivity index (χ1n) is 8.30. The number of pyridine rings is 2. The fraction of sp³-hybridized carbons (Fsp3) is 0.150. The maximum Gasteiger partial charge on any atom is 0.341 e. The number of para-hydroxylation sites is 1. The monoisotopic (exact) mass is 366 g/mol. The highest BCUT2D eigenvalue weighted by molar-refractivity contribution is 5.87. The van der Waals surface area contributed by atoms with E-state index >= 15 is 0 Å². The Bertz CT molecular complexity index is 971. The molecule has 2 heterocycles. The molecule has 0 unspecified atom stereocenters. The van der Waals surface area contributed by atoms with E-state index < -0.39 is 11.4 Å². The molecule has 1 aromatic carbocycles. The molecule has 7 heteroatoms. The van der Waals surface area contributed by atoms with E-state index in [-0.39, 0.29) is 17.4 Å². The number of ether oxygens (including phenoxy) is 2. The second kappa shape index (κ2) is 8.18. The van der Waals surface area contributed by atoms with Gasteiger partial charge in [0, 0.05) is 12.4 Å². The molecule has 0 fully saturated rings. The molecular formula is C20H18N2O5. The van der Waals surface area contributed by atoms with Crippen molar-refractivity contribution in [3.8, 4) is 17.2 Å². The summed E-state index contributed by atoms with van der Waals surface area (Å²) < 4.78 is 12.9. The van der Waals surface area contributed by atoms with Gasteiger partial charge < -0.3 is 19.1 Å². The van der Waals surface area contributed by atoms with Crippen molar-refractivity contribution in [1.82, 2.24) is 9.55 Å². The lowest BCUT2D eigenvalue weighted by Crippen LogP contribution is -2.24. The van der Waals surface area contributed by atoms with E-state index in [9.17, 15) is 14.7 Å². The smallest absolute Gasteiger partial charge is 0.341 e. The minimum absolute atomic E-state index is 0.0605. The molecule has 3 rings (SSSR count). The van der Waals surface area contributed by atoms with Crippen LogP contribution in [-0.4, -0.2) is 26.7 Å². The normalized spacial score (nSPS) is 11.6. The molecule has 3 aromatic rings. The van der Waals surface area contributed by atoms with Gasteiger partial charge in [0.25, 0.3) is 0 Å². The Kier molecular flexibility index (Phi) is 5.51. The zero-order valence-corrected chi connectivity index (χ0v) is 14.6. The largest absolute Gasteiger partial charge is 0.487 e. The maximum atomic E-state index is 12.4. The summed E-state index contributed by atoms with van der Waals surface area (Å²) in [6.07, 6.45) is 5.71. The summed E-state index contributed by atoms with van der Waals surface area (Å²) in [5.41, 5.74) is -1.04. The summed E-state index contributed by atoms with van der Waals surface area (Å²) in [6.45, 7) is 2.16. The lowest BCUT2D eigenvalue weighted by molar-refractivity contribution is 0.0693. The first-order chi connectivity index (χ1) is 13.0. The van der Waals surface area contributed by atoms with Crippen molar-refractivity contribution in [2.24, 2.45) is 0 Å². The molecule has 0 aliphatic carbocycles. The van der Waals surface area contributed by atoms with E-state index in [0.717, 1.165) is 0 Å². The highest BCUT2D eigenvalue weighted by Gasteiger charge is 2.17. The highest BCUT2D eigenvalue weighted by Crippen LogP contribution is 2.18. The van der Waals surface area contributed by atoms with Gasteiger partial charge in [-0.25, -0.2) is 4.79 Å². The number of benzene rings is 1. The number of rotatable bonds is 7. The topological polar surface area (TPSA) is 90.7 Å². The fourth-order valence-electron chi connectivity index (χ4n) is 2.53. The third-order valence-corrected chi connectivity index (χ3v) is 3.69. The van der Waals surface area contributed by atoms with Gasteiger partial charge in [-0.05, 0) is 31.2 Å². The van der Waals surface area contributed by atoms with Crippen LogP contribution in [0.25, 0.3) is 0 Å². The molecule has 0 aliphatic rings. The van der Waals surface area contributed by atoms with Gasteiger partial charge in [-0.2, -0.15) is 0 Å². The van der Waals surface area contributed by atoms with Crippen LogP contribution < -0.4 is 14.9 Å². The molecule has 27 heavy (non-hydrogen) atoms. The molecule has 0 aliphatic heterocycles. The summed E-state index contributed by atoms with van der Waals surface area (Å²) in [7, 11) is 0. The summed E-state index contributed by atoms with van der Waals surface area (Å²) in [5.74, 6) is -0.323. The molecule has 1 N–H and O–H groups in total. The van der Waals surface area contributed by atoms with Crippen molar-refractivity contribution >= 4 is 5.97 Å². The fourth-order valence-corrected chi connectivity index (χ4v) is 2.53. The van der Waals surface area contributed by atoms with Crippen LogP contribution in [0.1, 0.15) is 17.3 Å².